The van der Waals surface area contributed by atoms with Crippen molar-refractivity contribution in [2.24, 2.45) is 0 Å². The second kappa shape index (κ2) is 5.80. The number of benzene rings is 1. The molecule has 0 heterocycles. The predicted octanol–water partition coefficient (Wildman–Crippen LogP) is 3.21. The van der Waals surface area contributed by atoms with Crippen LogP contribution < -0.4 is 10.1 Å². The first-order valence-electron chi connectivity index (χ1n) is 6.01. The van der Waals surface area contributed by atoms with Gasteiger partial charge in [0.25, 0.3) is 5.91 Å². The van der Waals surface area contributed by atoms with E-state index in [0.717, 1.165) is 12.8 Å². The summed E-state index contributed by atoms with van der Waals surface area (Å²) in [7, 11) is 0. The third-order valence-corrected chi connectivity index (χ3v) is 2.92. The van der Waals surface area contributed by atoms with Gasteiger partial charge in [0.2, 0.25) is 0 Å². The smallest absolute Gasteiger partial charge is 0.315 e. The summed E-state index contributed by atoms with van der Waals surface area (Å²) in [6.07, 6.45) is 1.75. The first-order chi connectivity index (χ1) is 8.65. The van der Waals surface area contributed by atoms with Gasteiger partial charge >= 0.3 is 6.43 Å². The van der Waals surface area contributed by atoms with Crippen LogP contribution in [-0.2, 0) is 4.79 Å². The van der Waals surface area contributed by atoms with Gasteiger partial charge in [0.05, 0.1) is 6.10 Å². The molecule has 1 N–H and O–H groups in total. The molecule has 0 aromatic heterocycles. The van der Waals surface area contributed by atoms with Crippen molar-refractivity contribution in [2.75, 3.05) is 5.32 Å². The minimum absolute atomic E-state index is 0.256. The van der Waals surface area contributed by atoms with Crippen molar-refractivity contribution in [3.63, 3.8) is 0 Å². The summed E-state index contributed by atoms with van der Waals surface area (Å²) < 4.78 is 29.8. The Morgan fingerprint density at radius 2 is 1.83 bits per heavy atom. The summed E-state index contributed by atoms with van der Waals surface area (Å²) in [5.41, 5.74) is 0.346. The summed E-state index contributed by atoms with van der Waals surface area (Å²) >= 11 is 0. The molecule has 0 radical (unpaired) electrons. The van der Waals surface area contributed by atoms with E-state index >= 15 is 0 Å². The Balaban J connectivity index is 1.90. The Kier molecular flexibility index (Phi) is 4.12. The zero-order valence-corrected chi connectivity index (χ0v) is 9.86. The number of hydrogen-bond acceptors (Lipinski definition) is 2. The first-order valence-corrected chi connectivity index (χ1v) is 6.01. The Bertz CT molecular complexity index is 400. The van der Waals surface area contributed by atoms with Crippen molar-refractivity contribution >= 4 is 11.6 Å². The maximum absolute atomic E-state index is 12.0. The van der Waals surface area contributed by atoms with Gasteiger partial charge in [-0.15, -0.1) is 0 Å². The normalized spacial score (nSPS) is 15.9. The Labute approximate surface area is 104 Å². The van der Waals surface area contributed by atoms with Gasteiger partial charge in [-0.3, -0.25) is 4.79 Å². The van der Waals surface area contributed by atoms with Crippen LogP contribution in [-0.4, -0.2) is 18.4 Å². The quantitative estimate of drug-likeness (QED) is 0.897. The average molecular weight is 255 g/mol. The van der Waals surface area contributed by atoms with Crippen molar-refractivity contribution < 1.29 is 18.3 Å². The van der Waals surface area contributed by atoms with E-state index in [9.17, 15) is 13.6 Å². The topological polar surface area (TPSA) is 38.3 Å². The fourth-order valence-electron chi connectivity index (χ4n) is 2.01. The summed E-state index contributed by atoms with van der Waals surface area (Å²) in [6.45, 7) is 0. The maximum atomic E-state index is 12.0. The van der Waals surface area contributed by atoms with Crippen LogP contribution in [0.1, 0.15) is 25.7 Å². The molecule has 0 unspecified atom stereocenters. The molecule has 5 heteroatoms. The van der Waals surface area contributed by atoms with Crippen LogP contribution in [0.2, 0.25) is 0 Å². The largest absolute Gasteiger partial charge is 0.490 e. The Morgan fingerprint density at radius 1 is 1.22 bits per heavy atom. The van der Waals surface area contributed by atoms with E-state index in [4.69, 9.17) is 4.74 Å². The van der Waals surface area contributed by atoms with Gasteiger partial charge < -0.3 is 10.1 Å². The summed E-state index contributed by atoms with van der Waals surface area (Å²) in [5.74, 6) is -0.587. The number of carbonyl (C=O) groups excluding carboxylic acids is 1. The van der Waals surface area contributed by atoms with E-state index in [1.165, 1.54) is 12.8 Å². The highest BCUT2D eigenvalue weighted by atomic mass is 19.3. The number of carbonyl (C=O) groups is 1. The first kappa shape index (κ1) is 12.8. The zero-order chi connectivity index (χ0) is 13.0. The monoisotopic (exact) mass is 255 g/mol. The van der Waals surface area contributed by atoms with Crippen molar-refractivity contribution in [1.29, 1.82) is 0 Å². The van der Waals surface area contributed by atoms with E-state index in [1.54, 1.807) is 24.3 Å². The molecule has 1 aliphatic rings. The van der Waals surface area contributed by atoms with Crippen molar-refractivity contribution in [3.8, 4) is 5.75 Å². The third kappa shape index (κ3) is 3.42. The number of ether oxygens (including phenoxy) is 1. The molecule has 1 aromatic rings. The molecule has 1 aliphatic carbocycles. The van der Waals surface area contributed by atoms with E-state index in [1.807, 2.05) is 0 Å². The van der Waals surface area contributed by atoms with Crippen molar-refractivity contribution in [3.05, 3.63) is 24.3 Å². The highest BCUT2D eigenvalue weighted by molar-refractivity contribution is 5.93. The van der Waals surface area contributed by atoms with Gasteiger partial charge in [-0.1, -0.05) is 0 Å². The molecular formula is C13H15F2NO2. The lowest BCUT2D eigenvalue weighted by molar-refractivity contribution is -0.126. The van der Waals surface area contributed by atoms with Gasteiger partial charge in [0.1, 0.15) is 5.75 Å². The Hall–Kier alpha value is -1.65. The molecule has 3 nitrogen and oxygen atoms in total. The van der Waals surface area contributed by atoms with Crippen LogP contribution in [0, 0.1) is 0 Å². The summed E-state index contributed by atoms with van der Waals surface area (Å²) in [5, 5.41) is 2.12. The molecule has 1 saturated carbocycles. The van der Waals surface area contributed by atoms with E-state index < -0.39 is 12.3 Å². The summed E-state index contributed by atoms with van der Waals surface area (Å²) in [6, 6.07) is 6.48. The standard InChI is InChI=1S/C13H15F2NO2/c14-12(15)13(17)16-9-5-7-11(8-6-9)18-10-3-1-2-4-10/h5-8,10,12H,1-4H2,(H,16,17). The molecule has 0 bridgehead atoms. The number of nitrogens with one attached hydrogen (secondary N) is 1. The van der Waals surface area contributed by atoms with Crippen LogP contribution in [0.15, 0.2) is 24.3 Å². The average Bonchev–Trinajstić information content (AvgIpc) is 2.84. The highest BCUT2D eigenvalue weighted by Crippen LogP contribution is 2.25. The number of anilines is 1. The third-order valence-electron chi connectivity index (χ3n) is 2.92. The summed E-state index contributed by atoms with van der Waals surface area (Å²) in [4.78, 5) is 10.8. The number of amides is 1. The van der Waals surface area contributed by atoms with Crippen LogP contribution in [0.4, 0.5) is 14.5 Å². The van der Waals surface area contributed by atoms with Gasteiger partial charge in [0, 0.05) is 5.69 Å². The molecule has 18 heavy (non-hydrogen) atoms. The molecule has 0 aliphatic heterocycles. The van der Waals surface area contributed by atoms with Crippen LogP contribution in [0.25, 0.3) is 0 Å². The van der Waals surface area contributed by atoms with Crippen LogP contribution in [0.3, 0.4) is 0 Å². The highest BCUT2D eigenvalue weighted by Gasteiger charge is 2.17. The number of rotatable bonds is 4. The Morgan fingerprint density at radius 3 is 2.39 bits per heavy atom. The lowest BCUT2D eigenvalue weighted by Crippen LogP contribution is -2.20. The molecule has 1 amide bonds. The SMILES string of the molecule is O=C(Nc1ccc(OC2CCCC2)cc1)C(F)F. The molecular weight excluding hydrogens is 240 g/mol. The van der Waals surface area contributed by atoms with Gasteiger partial charge in [-0.25, -0.2) is 0 Å². The molecule has 0 saturated heterocycles. The molecule has 1 fully saturated rings. The molecule has 2 rings (SSSR count). The lowest BCUT2D eigenvalue weighted by Gasteiger charge is -2.13. The predicted molar refractivity (Wildman–Crippen MR) is 64.0 cm³/mol. The minimum atomic E-state index is -3.00. The van der Waals surface area contributed by atoms with E-state index in [-0.39, 0.29) is 6.10 Å². The van der Waals surface area contributed by atoms with Gasteiger partial charge in [0.15, 0.2) is 0 Å². The fraction of sp³-hybridized carbons (Fsp3) is 0.462. The van der Waals surface area contributed by atoms with E-state index in [0.29, 0.717) is 11.4 Å². The number of hydrogen-bond donors (Lipinski definition) is 1. The molecule has 1 aromatic carbocycles. The van der Waals surface area contributed by atoms with Crippen molar-refractivity contribution in [2.45, 2.75) is 38.2 Å². The van der Waals surface area contributed by atoms with E-state index in [2.05, 4.69) is 5.32 Å². The minimum Gasteiger partial charge on any atom is -0.490 e. The maximum Gasteiger partial charge on any atom is 0.315 e. The van der Waals surface area contributed by atoms with Gasteiger partial charge in [-0.2, -0.15) is 8.78 Å². The molecule has 0 atom stereocenters. The van der Waals surface area contributed by atoms with Crippen molar-refractivity contribution in [1.82, 2.24) is 0 Å². The number of alkyl halides is 2. The zero-order valence-electron chi connectivity index (χ0n) is 9.86. The van der Waals surface area contributed by atoms with Gasteiger partial charge in [-0.05, 0) is 49.9 Å². The molecule has 0 spiro atoms. The van der Waals surface area contributed by atoms with Crippen LogP contribution in [0.5, 0.6) is 5.75 Å². The van der Waals surface area contributed by atoms with Crippen LogP contribution >= 0.6 is 0 Å². The molecule has 98 valence electrons. The second-order valence-electron chi connectivity index (χ2n) is 4.34. The second-order valence-corrected chi connectivity index (χ2v) is 4.34. The number of halogens is 2. The fourth-order valence-corrected chi connectivity index (χ4v) is 2.01. The lowest BCUT2D eigenvalue weighted by atomic mass is 10.2.